The van der Waals surface area contributed by atoms with E-state index in [1.165, 1.54) is 18.2 Å². The number of hydrogen-bond donors (Lipinski definition) is 2. The van der Waals surface area contributed by atoms with Crippen molar-refractivity contribution in [2.45, 2.75) is 17.9 Å². The number of anilines is 1. The van der Waals surface area contributed by atoms with Gasteiger partial charge in [0.1, 0.15) is 17.6 Å². The van der Waals surface area contributed by atoms with Crippen molar-refractivity contribution in [3.05, 3.63) is 82.9 Å². The van der Waals surface area contributed by atoms with Gasteiger partial charge >= 0.3 is 0 Å². The number of amides is 1. The molecule has 32 heavy (non-hydrogen) atoms. The number of fused-ring (bicyclic) bond motifs is 1. The van der Waals surface area contributed by atoms with E-state index in [0.29, 0.717) is 17.2 Å². The molecule has 3 aromatic rings. The maximum atomic E-state index is 12.8. The summed E-state index contributed by atoms with van der Waals surface area (Å²) in [5, 5.41) is 2.77. The highest BCUT2D eigenvalue weighted by atomic mass is 35.5. The van der Waals surface area contributed by atoms with Crippen molar-refractivity contribution in [3.8, 4) is 11.5 Å². The van der Waals surface area contributed by atoms with E-state index < -0.39 is 15.9 Å². The number of carbonyl (C=O) groups is 1. The van der Waals surface area contributed by atoms with Crippen LogP contribution in [0.15, 0.2) is 71.6 Å². The average molecular weight is 473 g/mol. The molecule has 0 spiro atoms. The molecule has 3 aromatic carbocycles. The molecule has 1 atom stereocenters. The summed E-state index contributed by atoms with van der Waals surface area (Å²) < 4.78 is 39.6. The zero-order valence-corrected chi connectivity index (χ0v) is 18.7. The lowest BCUT2D eigenvalue weighted by molar-refractivity contribution is 0.0789. The molecule has 0 aromatic heterocycles. The van der Waals surface area contributed by atoms with E-state index in [-0.39, 0.29) is 34.7 Å². The standard InChI is InChI=1S/C23H21ClN2O5S/c1-15-6-9-17(10-7-15)26-32(28,29)22-12-16(8-11-19(22)24)23(27)25-13-18-14-30-20-4-2-3-5-21(20)31-18/h2-12,18,26H,13-14H2,1H3,(H,25,27). The second-order valence-electron chi connectivity index (χ2n) is 7.32. The molecule has 0 fully saturated rings. The minimum atomic E-state index is -3.99. The second kappa shape index (κ2) is 9.10. The Morgan fingerprint density at radius 1 is 1.06 bits per heavy atom. The van der Waals surface area contributed by atoms with E-state index in [4.69, 9.17) is 21.1 Å². The topological polar surface area (TPSA) is 93.7 Å². The number of halogens is 1. The van der Waals surface area contributed by atoms with E-state index in [1.807, 2.05) is 25.1 Å². The first-order valence-electron chi connectivity index (χ1n) is 9.87. The van der Waals surface area contributed by atoms with Crippen LogP contribution >= 0.6 is 11.6 Å². The summed E-state index contributed by atoms with van der Waals surface area (Å²) in [6, 6.07) is 18.3. The quantitative estimate of drug-likeness (QED) is 0.565. The Hall–Kier alpha value is -3.23. The van der Waals surface area contributed by atoms with Crippen LogP contribution in [0.1, 0.15) is 15.9 Å². The van der Waals surface area contributed by atoms with Gasteiger partial charge in [-0.05, 0) is 49.4 Å². The lowest BCUT2D eigenvalue weighted by Crippen LogP contribution is -2.40. The fraction of sp³-hybridized carbons (Fsp3) is 0.174. The molecule has 1 heterocycles. The largest absolute Gasteiger partial charge is 0.486 e. The molecule has 7 nitrogen and oxygen atoms in total. The summed E-state index contributed by atoms with van der Waals surface area (Å²) >= 11 is 6.14. The first-order valence-corrected chi connectivity index (χ1v) is 11.7. The van der Waals surface area contributed by atoms with E-state index in [1.54, 1.807) is 30.3 Å². The van der Waals surface area contributed by atoms with Gasteiger partial charge in [0.15, 0.2) is 11.5 Å². The number of carbonyl (C=O) groups excluding carboxylic acids is 1. The number of rotatable bonds is 6. The molecule has 1 unspecified atom stereocenters. The Balaban J connectivity index is 1.45. The second-order valence-corrected chi connectivity index (χ2v) is 9.38. The number of aryl methyl sites for hydroxylation is 1. The highest BCUT2D eigenvalue weighted by molar-refractivity contribution is 7.92. The molecule has 0 bridgehead atoms. The van der Waals surface area contributed by atoms with Crippen LogP contribution in [-0.4, -0.2) is 33.6 Å². The molecule has 0 radical (unpaired) electrons. The predicted molar refractivity (Wildman–Crippen MR) is 122 cm³/mol. The minimum absolute atomic E-state index is 0.0155. The number of nitrogens with one attached hydrogen (secondary N) is 2. The Morgan fingerprint density at radius 2 is 1.78 bits per heavy atom. The van der Waals surface area contributed by atoms with Crippen molar-refractivity contribution >= 4 is 33.2 Å². The lowest BCUT2D eigenvalue weighted by Gasteiger charge is -2.26. The Kier molecular flexibility index (Phi) is 6.25. The molecule has 1 amide bonds. The van der Waals surface area contributed by atoms with Crippen molar-refractivity contribution in [2.75, 3.05) is 17.9 Å². The van der Waals surface area contributed by atoms with Gasteiger partial charge in [-0.3, -0.25) is 9.52 Å². The highest BCUT2D eigenvalue weighted by Gasteiger charge is 2.23. The normalized spacial score (nSPS) is 15.1. The first-order chi connectivity index (χ1) is 15.3. The Labute approximate surface area is 191 Å². The van der Waals surface area contributed by atoms with Gasteiger partial charge < -0.3 is 14.8 Å². The van der Waals surface area contributed by atoms with Crippen molar-refractivity contribution in [3.63, 3.8) is 0 Å². The van der Waals surface area contributed by atoms with Crippen LogP contribution < -0.4 is 19.5 Å². The fourth-order valence-corrected chi connectivity index (χ4v) is 4.74. The van der Waals surface area contributed by atoms with Crippen LogP contribution in [-0.2, 0) is 10.0 Å². The summed E-state index contributed by atoms with van der Waals surface area (Å²) in [6.45, 7) is 2.39. The summed E-state index contributed by atoms with van der Waals surface area (Å²) in [7, 11) is -3.99. The van der Waals surface area contributed by atoms with Gasteiger partial charge in [0.05, 0.1) is 11.6 Å². The molecule has 2 N–H and O–H groups in total. The molecule has 0 saturated carbocycles. The SMILES string of the molecule is Cc1ccc(NS(=O)(=O)c2cc(C(=O)NCC3COc4ccccc4O3)ccc2Cl)cc1. The monoisotopic (exact) mass is 472 g/mol. The fourth-order valence-electron chi connectivity index (χ4n) is 3.15. The van der Waals surface area contributed by atoms with Gasteiger partial charge in [0, 0.05) is 11.3 Å². The molecule has 166 valence electrons. The molecular formula is C23H21ClN2O5S. The molecule has 4 rings (SSSR count). The summed E-state index contributed by atoms with van der Waals surface area (Å²) in [6.07, 6.45) is -0.368. The van der Waals surface area contributed by atoms with Gasteiger partial charge in [-0.25, -0.2) is 8.42 Å². The van der Waals surface area contributed by atoms with Crippen LogP contribution in [0.25, 0.3) is 0 Å². The number of benzene rings is 3. The van der Waals surface area contributed by atoms with Crippen molar-refractivity contribution < 1.29 is 22.7 Å². The third-order valence-corrected chi connectivity index (χ3v) is 6.71. The van der Waals surface area contributed by atoms with Gasteiger partial charge in [-0.1, -0.05) is 41.4 Å². The smallest absolute Gasteiger partial charge is 0.263 e. The maximum absolute atomic E-state index is 12.8. The average Bonchev–Trinajstić information content (AvgIpc) is 2.79. The van der Waals surface area contributed by atoms with E-state index in [2.05, 4.69) is 10.0 Å². The van der Waals surface area contributed by atoms with E-state index in [0.717, 1.165) is 5.56 Å². The zero-order valence-electron chi connectivity index (χ0n) is 17.2. The van der Waals surface area contributed by atoms with Gasteiger partial charge in [0.25, 0.3) is 15.9 Å². The van der Waals surface area contributed by atoms with Gasteiger partial charge in [-0.15, -0.1) is 0 Å². The predicted octanol–water partition coefficient (Wildman–Crippen LogP) is 4.02. The Bertz CT molecular complexity index is 1250. The molecule has 0 aliphatic carbocycles. The molecule has 1 aliphatic heterocycles. The van der Waals surface area contributed by atoms with Crippen molar-refractivity contribution in [1.82, 2.24) is 5.32 Å². The van der Waals surface area contributed by atoms with Crippen LogP contribution in [0.4, 0.5) is 5.69 Å². The third-order valence-electron chi connectivity index (χ3n) is 4.84. The minimum Gasteiger partial charge on any atom is -0.486 e. The summed E-state index contributed by atoms with van der Waals surface area (Å²) in [5.74, 6) is 0.819. The third kappa shape index (κ3) is 4.98. The maximum Gasteiger partial charge on any atom is 0.263 e. The van der Waals surface area contributed by atoms with Crippen LogP contribution in [0.3, 0.4) is 0 Å². The van der Waals surface area contributed by atoms with Crippen LogP contribution in [0, 0.1) is 6.92 Å². The summed E-state index contributed by atoms with van der Waals surface area (Å²) in [5.41, 5.74) is 1.56. The molecule has 1 aliphatic rings. The molecule has 0 saturated heterocycles. The zero-order chi connectivity index (χ0) is 22.7. The highest BCUT2D eigenvalue weighted by Crippen LogP contribution is 2.30. The number of ether oxygens (including phenoxy) is 2. The number of hydrogen-bond acceptors (Lipinski definition) is 5. The van der Waals surface area contributed by atoms with Crippen molar-refractivity contribution in [2.24, 2.45) is 0 Å². The summed E-state index contributed by atoms with van der Waals surface area (Å²) in [4.78, 5) is 12.5. The van der Waals surface area contributed by atoms with Gasteiger partial charge in [-0.2, -0.15) is 0 Å². The molecule has 9 heteroatoms. The lowest BCUT2D eigenvalue weighted by atomic mass is 10.2. The van der Waals surface area contributed by atoms with Crippen LogP contribution in [0.2, 0.25) is 5.02 Å². The van der Waals surface area contributed by atoms with Gasteiger partial charge in [0.2, 0.25) is 0 Å². The van der Waals surface area contributed by atoms with E-state index in [9.17, 15) is 13.2 Å². The van der Waals surface area contributed by atoms with Crippen molar-refractivity contribution in [1.29, 1.82) is 0 Å². The van der Waals surface area contributed by atoms with E-state index >= 15 is 0 Å². The molecular weight excluding hydrogens is 452 g/mol. The van der Waals surface area contributed by atoms with Crippen LogP contribution in [0.5, 0.6) is 11.5 Å². The number of para-hydroxylation sites is 2. The number of sulfonamides is 1. The first kappa shape index (κ1) is 22.0. The Morgan fingerprint density at radius 3 is 2.53 bits per heavy atom.